The molecule has 0 bridgehead atoms. The van der Waals surface area contributed by atoms with Gasteiger partial charge in [0.05, 0.1) is 9.40 Å². The molecular weight excluding hydrogens is 346 g/mol. The molecule has 0 atom stereocenters. The number of aryl methyl sites for hydroxylation is 1. The van der Waals surface area contributed by atoms with E-state index in [1.807, 2.05) is 13.0 Å². The molecule has 2 aromatic carbocycles. The number of nitro groups is 1. The van der Waals surface area contributed by atoms with Crippen molar-refractivity contribution in [2.45, 2.75) is 12.8 Å². The van der Waals surface area contributed by atoms with Gasteiger partial charge in [0.2, 0.25) is 5.75 Å². The van der Waals surface area contributed by atoms with E-state index >= 15 is 0 Å². The van der Waals surface area contributed by atoms with Crippen LogP contribution in [0.5, 0.6) is 11.5 Å². The van der Waals surface area contributed by atoms with Gasteiger partial charge in [0, 0.05) is 11.9 Å². The summed E-state index contributed by atoms with van der Waals surface area (Å²) >= 11 is 9.07. The number of rotatable bonds is 4. The van der Waals surface area contributed by atoms with Gasteiger partial charge >= 0.3 is 5.69 Å². The van der Waals surface area contributed by atoms with Gasteiger partial charge < -0.3 is 4.74 Å². The summed E-state index contributed by atoms with van der Waals surface area (Å²) in [6.07, 6.45) is 0. The highest BCUT2D eigenvalue weighted by Gasteiger charge is 2.18. The van der Waals surface area contributed by atoms with Gasteiger partial charge in [0.25, 0.3) is 0 Å². The largest absolute Gasteiger partial charge is 0.449 e. The highest BCUT2D eigenvalue weighted by molar-refractivity contribution is 9.10. The standard InChI is InChI=1S/C14H11BrClNO3/c1-9-7-11(6-5-10(9)8-16)20-14-12(15)3-2-4-13(14)17(18)19/h2-7H,8H2,1H3. The van der Waals surface area contributed by atoms with E-state index in [0.717, 1.165) is 11.1 Å². The molecule has 0 aromatic heterocycles. The van der Waals surface area contributed by atoms with Gasteiger partial charge in [-0.1, -0.05) is 12.1 Å². The van der Waals surface area contributed by atoms with Gasteiger partial charge in [0.15, 0.2) is 0 Å². The normalized spacial score (nSPS) is 10.3. The summed E-state index contributed by atoms with van der Waals surface area (Å²) in [5, 5.41) is 11.0. The monoisotopic (exact) mass is 355 g/mol. The van der Waals surface area contributed by atoms with Gasteiger partial charge in [-0.2, -0.15) is 0 Å². The molecule has 0 N–H and O–H groups in total. The first-order valence-corrected chi connectivity index (χ1v) is 7.12. The fourth-order valence-corrected chi connectivity index (χ4v) is 2.48. The van der Waals surface area contributed by atoms with E-state index in [2.05, 4.69) is 15.9 Å². The SMILES string of the molecule is Cc1cc(Oc2c(Br)cccc2[N+](=O)[O-])ccc1CCl. The van der Waals surface area contributed by atoms with Gasteiger partial charge in [-0.25, -0.2) is 0 Å². The topological polar surface area (TPSA) is 52.4 Å². The van der Waals surface area contributed by atoms with Crippen LogP contribution in [-0.2, 0) is 5.88 Å². The number of hydrogen-bond donors (Lipinski definition) is 0. The molecule has 6 heteroatoms. The number of halogens is 2. The molecule has 0 unspecified atom stereocenters. The summed E-state index contributed by atoms with van der Waals surface area (Å²) in [6, 6.07) is 10.1. The third kappa shape index (κ3) is 3.11. The van der Waals surface area contributed by atoms with Crippen molar-refractivity contribution in [1.29, 1.82) is 0 Å². The second-order valence-electron chi connectivity index (χ2n) is 4.17. The Morgan fingerprint density at radius 2 is 2.10 bits per heavy atom. The average Bonchev–Trinajstić information content (AvgIpc) is 2.41. The van der Waals surface area contributed by atoms with Crippen LogP contribution in [0.15, 0.2) is 40.9 Å². The maximum Gasteiger partial charge on any atom is 0.312 e. The minimum atomic E-state index is -0.472. The van der Waals surface area contributed by atoms with Crippen molar-refractivity contribution < 1.29 is 9.66 Å². The van der Waals surface area contributed by atoms with Crippen molar-refractivity contribution in [3.63, 3.8) is 0 Å². The second-order valence-corrected chi connectivity index (χ2v) is 5.29. The molecule has 0 saturated heterocycles. The Morgan fingerprint density at radius 3 is 2.70 bits per heavy atom. The molecule has 0 heterocycles. The summed E-state index contributed by atoms with van der Waals surface area (Å²) in [7, 11) is 0. The lowest BCUT2D eigenvalue weighted by Gasteiger charge is -2.10. The predicted molar refractivity (Wildman–Crippen MR) is 81.6 cm³/mol. The Labute approximate surface area is 129 Å². The molecule has 0 radical (unpaired) electrons. The smallest absolute Gasteiger partial charge is 0.312 e. The van der Waals surface area contributed by atoms with E-state index < -0.39 is 4.92 Å². The predicted octanol–water partition coefficient (Wildman–Crippen LogP) is 5.20. The summed E-state index contributed by atoms with van der Waals surface area (Å²) < 4.78 is 6.18. The van der Waals surface area contributed by atoms with Crippen LogP contribution in [0.25, 0.3) is 0 Å². The van der Waals surface area contributed by atoms with Crippen LogP contribution in [0.4, 0.5) is 5.69 Å². The van der Waals surface area contributed by atoms with Crippen molar-refractivity contribution in [2.75, 3.05) is 0 Å². The summed E-state index contributed by atoms with van der Waals surface area (Å²) in [4.78, 5) is 10.5. The number of ether oxygens (including phenoxy) is 1. The van der Waals surface area contributed by atoms with Crippen molar-refractivity contribution in [2.24, 2.45) is 0 Å². The zero-order chi connectivity index (χ0) is 14.7. The van der Waals surface area contributed by atoms with Crippen molar-refractivity contribution >= 4 is 33.2 Å². The quantitative estimate of drug-likeness (QED) is 0.430. The fourth-order valence-electron chi connectivity index (χ4n) is 1.74. The van der Waals surface area contributed by atoms with Crippen LogP contribution < -0.4 is 4.74 Å². The van der Waals surface area contributed by atoms with Crippen LogP contribution in [-0.4, -0.2) is 4.92 Å². The zero-order valence-corrected chi connectivity index (χ0v) is 12.9. The average molecular weight is 357 g/mol. The Balaban J connectivity index is 2.39. The molecule has 104 valence electrons. The first-order chi connectivity index (χ1) is 9.52. The van der Waals surface area contributed by atoms with Crippen LogP contribution in [0.2, 0.25) is 0 Å². The third-order valence-electron chi connectivity index (χ3n) is 2.82. The van der Waals surface area contributed by atoms with E-state index in [1.165, 1.54) is 6.07 Å². The van der Waals surface area contributed by atoms with Crippen molar-refractivity contribution in [1.82, 2.24) is 0 Å². The maximum absolute atomic E-state index is 11.0. The number of nitrogens with zero attached hydrogens (tertiary/aromatic N) is 1. The van der Waals surface area contributed by atoms with Crippen LogP contribution in [0.3, 0.4) is 0 Å². The molecule has 2 rings (SSSR count). The molecule has 2 aromatic rings. The highest BCUT2D eigenvalue weighted by Crippen LogP contribution is 2.38. The van der Waals surface area contributed by atoms with Crippen molar-refractivity contribution in [3.05, 3.63) is 62.1 Å². The van der Waals surface area contributed by atoms with E-state index in [4.69, 9.17) is 16.3 Å². The minimum absolute atomic E-state index is 0.0848. The van der Waals surface area contributed by atoms with Gasteiger partial charge in [0.1, 0.15) is 5.75 Å². The molecule has 0 aliphatic rings. The molecule has 0 spiro atoms. The van der Waals surface area contributed by atoms with Crippen LogP contribution >= 0.6 is 27.5 Å². The van der Waals surface area contributed by atoms with Crippen LogP contribution in [0, 0.1) is 17.0 Å². The zero-order valence-electron chi connectivity index (χ0n) is 10.6. The Hall–Kier alpha value is -1.59. The fraction of sp³-hybridized carbons (Fsp3) is 0.143. The molecule has 20 heavy (non-hydrogen) atoms. The van der Waals surface area contributed by atoms with Crippen molar-refractivity contribution in [3.8, 4) is 11.5 Å². The highest BCUT2D eigenvalue weighted by atomic mass is 79.9. The summed E-state index contributed by atoms with van der Waals surface area (Å²) in [5.41, 5.74) is 1.89. The number of benzene rings is 2. The lowest BCUT2D eigenvalue weighted by atomic mass is 10.1. The molecule has 0 saturated carbocycles. The molecular formula is C14H11BrClNO3. The molecule has 4 nitrogen and oxygen atoms in total. The van der Waals surface area contributed by atoms with E-state index in [1.54, 1.807) is 24.3 Å². The molecule has 0 aliphatic heterocycles. The van der Waals surface area contributed by atoms with E-state index in [9.17, 15) is 10.1 Å². The number of para-hydroxylation sites is 1. The van der Waals surface area contributed by atoms with E-state index in [-0.39, 0.29) is 11.4 Å². The Kier molecular flexibility index (Phi) is 4.62. The lowest BCUT2D eigenvalue weighted by molar-refractivity contribution is -0.385. The number of nitro benzene ring substituents is 1. The molecule has 0 aliphatic carbocycles. The molecule has 0 amide bonds. The second kappa shape index (κ2) is 6.24. The van der Waals surface area contributed by atoms with Crippen LogP contribution in [0.1, 0.15) is 11.1 Å². The van der Waals surface area contributed by atoms with Gasteiger partial charge in [-0.3, -0.25) is 10.1 Å². The molecule has 0 fully saturated rings. The lowest BCUT2D eigenvalue weighted by Crippen LogP contribution is -1.95. The first-order valence-electron chi connectivity index (χ1n) is 5.79. The van der Waals surface area contributed by atoms with E-state index in [0.29, 0.717) is 16.1 Å². The van der Waals surface area contributed by atoms with Gasteiger partial charge in [-0.15, -0.1) is 11.6 Å². The van der Waals surface area contributed by atoms with Gasteiger partial charge in [-0.05, 0) is 52.2 Å². The minimum Gasteiger partial charge on any atom is -0.449 e. The third-order valence-corrected chi connectivity index (χ3v) is 3.73. The number of hydrogen-bond acceptors (Lipinski definition) is 3. The Bertz CT molecular complexity index is 661. The maximum atomic E-state index is 11.0. The summed E-state index contributed by atoms with van der Waals surface area (Å²) in [6.45, 7) is 1.92. The summed E-state index contributed by atoms with van der Waals surface area (Å²) in [5.74, 6) is 1.14. The Morgan fingerprint density at radius 1 is 1.35 bits per heavy atom. The number of alkyl halides is 1. The first kappa shape index (κ1) is 14.8.